The lowest BCUT2D eigenvalue weighted by Crippen LogP contribution is -2.17. The van der Waals surface area contributed by atoms with Crippen molar-refractivity contribution in [2.75, 3.05) is 6.61 Å². The standard InChI is InChI=1S/C23H19Cl3N2O3/c1-2-30-21-11-15(13-27-28-23(29)16-7-5-8-18(24)12-16)10-20(26)22(21)31-14-17-6-3-4-9-19(17)25/h3-13H,2,14H2,1H3,(H,28,29)/b27-13-. The summed E-state index contributed by atoms with van der Waals surface area (Å²) < 4.78 is 11.6. The number of carbonyl (C=O) groups is 1. The van der Waals surface area contributed by atoms with Crippen molar-refractivity contribution < 1.29 is 14.3 Å². The maximum atomic E-state index is 12.2. The second-order valence-electron chi connectivity index (χ2n) is 6.35. The van der Waals surface area contributed by atoms with Crippen LogP contribution in [0, 0.1) is 0 Å². The third-order valence-electron chi connectivity index (χ3n) is 4.13. The number of carbonyl (C=O) groups excluding carboxylic acids is 1. The molecule has 5 nitrogen and oxygen atoms in total. The Bertz CT molecular complexity index is 1100. The van der Waals surface area contributed by atoms with Crippen molar-refractivity contribution in [1.29, 1.82) is 0 Å². The number of hydrazone groups is 1. The Labute approximate surface area is 195 Å². The first-order valence-electron chi connectivity index (χ1n) is 9.39. The minimum atomic E-state index is -0.380. The Balaban J connectivity index is 1.73. The molecule has 0 atom stereocenters. The fraction of sp³-hybridized carbons (Fsp3) is 0.130. The van der Waals surface area contributed by atoms with E-state index in [0.29, 0.717) is 44.3 Å². The molecule has 0 aliphatic carbocycles. The lowest BCUT2D eigenvalue weighted by Gasteiger charge is -2.15. The molecule has 0 heterocycles. The maximum Gasteiger partial charge on any atom is 0.271 e. The molecule has 0 aliphatic rings. The zero-order valence-electron chi connectivity index (χ0n) is 16.6. The molecule has 0 saturated carbocycles. The Morgan fingerprint density at radius 3 is 2.55 bits per heavy atom. The van der Waals surface area contributed by atoms with E-state index in [4.69, 9.17) is 44.3 Å². The summed E-state index contributed by atoms with van der Waals surface area (Å²) in [6.45, 7) is 2.52. The lowest BCUT2D eigenvalue weighted by atomic mass is 10.2. The van der Waals surface area contributed by atoms with Gasteiger partial charge in [0.05, 0.1) is 17.8 Å². The van der Waals surface area contributed by atoms with Crippen molar-refractivity contribution in [2.45, 2.75) is 13.5 Å². The van der Waals surface area contributed by atoms with Crippen LogP contribution in [0.4, 0.5) is 0 Å². The molecule has 1 N–H and O–H groups in total. The van der Waals surface area contributed by atoms with E-state index in [2.05, 4.69) is 10.5 Å². The topological polar surface area (TPSA) is 59.9 Å². The van der Waals surface area contributed by atoms with Crippen molar-refractivity contribution in [3.8, 4) is 11.5 Å². The summed E-state index contributed by atoms with van der Waals surface area (Å²) in [6, 6.07) is 17.4. The Morgan fingerprint density at radius 2 is 1.81 bits per heavy atom. The van der Waals surface area contributed by atoms with Gasteiger partial charge in [0.15, 0.2) is 11.5 Å². The minimum Gasteiger partial charge on any atom is -0.490 e. The molecule has 1 amide bonds. The fourth-order valence-corrected chi connectivity index (χ4v) is 3.34. The average Bonchev–Trinajstić information content (AvgIpc) is 2.74. The van der Waals surface area contributed by atoms with Crippen LogP contribution in [0.1, 0.15) is 28.4 Å². The van der Waals surface area contributed by atoms with Crippen LogP contribution in [0.25, 0.3) is 0 Å². The van der Waals surface area contributed by atoms with Crippen LogP contribution >= 0.6 is 34.8 Å². The summed E-state index contributed by atoms with van der Waals surface area (Å²) in [7, 11) is 0. The minimum absolute atomic E-state index is 0.239. The first-order chi connectivity index (χ1) is 15.0. The van der Waals surface area contributed by atoms with Gasteiger partial charge in [-0.3, -0.25) is 4.79 Å². The molecule has 0 fully saturated rings. The highest BCUT2D eigenvalue weighted by molar-refractivity contribution is 6.32. The van der Waals surface area contributed by atoms with Crippen LogP contribution in [0.5, 0.6) is 11.5 Å². The second-order valence-corrected chi connectivity index (χ2v) is 7.60. The maximum absolute atomic E-state index is 12.2. The van der Waals surface area contributed by atoms with Gasteiger partial charge < -0.3 is 9.47 Å². The molecule has 0 saturated heterocycles. The first kappa shape index (κ1) is 22.9. The molecule has 8 heteroatoms. The van der Waals surface area contributed by atoms with Gasteiger partial charge in [0.25, 0.3) is 5.91 Å². The molecular weight excluding hydrogens is 459 g/mol. The predicted octanol–water partition coefficient (Wildman–Crippen LogP) is 6.39. The highest BCUT2D eigenvalue weighted by Gasteiger charge is 2.13. The molecule has 3 aromatic rings. The van der Waals surface area contributed by atoms with E-state index in [1.807, 2.05) is 25.1 Å². The number of rotatable bonds is 8. The van der Waals surface area contributed by atoms with Crippen LogP contribution in [0.3, 0.4) is 0 Å². The fourth-order valence-electron chi connectivity index (χ4n) is 2.69. The average molecular weight is 478 g/mol. The molecule has 3 aromatic carbocycles. The largest absolute Gasteiger partial charge is 0.490 e. The van der Waals surface area contributed by atoms with Crippen molar-refractivity contribution in [3.63, 3.8) is 0 Å². The quantitative estimate of drug-likeness (QED) is 0.302. The number of benzene rings is 3. The van der Waals surface area contributed by atoms with E-state index >= 15 is 0 Å². The first-order valence-corrected chi connectivity index (χ1v) is 10.5. The molecule has 0 radical (unpaired) electrons. The van der Waals surface area contributed by atoms with E-state index in [9.17, 15) is 4.79 Å². The monoisotopic (exact) mass is 476 g/mol. The molecule has 3 rings (SSSR count). The van der Waals surface area contributed by atoms with Gasteiger partial charge in [0.2, 0.25) is 0 Å². The van der Waals surface area contributed by atoms with Gasteiger partial charge in [-0.15, -0.1) is 0 Å². The van der Waals surface area contributed by atoms with Gasteiger partial charge in [0, 0.05) is 21.2 Å². The lowest BCUT2D eigenvalue weighted by molar-refractivity contribution is 0.0955. The van der Waals surface area contributed by atoms with Crippen LogP contribution in [-0.2, 0) is 6.61 Å². The van der Waals surface area contributed by atoms with Crippen molar-refractivity contribution >= 4 is 46.9 Å². The second kappa shape index (κ2) is 11.0. The molecule has 0 aliphatic heterocycles. The van der Waals surface area contributed by atoms with Crippen LogP contribution in [-0.4, -0.2) is 18.7 Å². The zero-order valence-corrected chi connectivity index (χ0v) is 18.8. The summed E-state index contributed by atoms with van der Waals surface area (Å²) in [5, 5.41) is 5.41. The van der Waals surface area contributed by atoms with E-state index in [0.717, 1.165) is 5.56 Å². The van der Waals surface area contributed by atoms with Crippen LogP contribution in [0.15, 0.2) is 65.8 Å². The smallest absolute Gasteiger partial charge is 0.271 e. The summed E-state index contributed by atoms with van der Waals surface area (Å²) in [4.78, 5) is 12.2. The summed E-state index contributed by atoms with van der Waals surface area (Å²) in [5.74, 6) is 0.489. The van der Waals surface area contributed by atoms with Gasteiger partial charge in [-0.1, -0.05) is 59.1 Å². The molecule has 0 unspecified atom stereocenters. The number of nitrogens with one attached hydrogen (secondary N) is 1. The van der Waals surface area contributed by atoms with Crippen molar-refractivity contribution in [1.82, 2.24) is 5.43 Å². The third-order valence-corrected chi connectivity index (χ3v) is 5.01. The predicted molar refractivity (Wildman–Crippen MR) is 125 cm³/mol. The Kier molecular flexibility index (Phi) is 8.18. The number of halogens is 3. The number of hydrogen-bond donors (Lipinski definition) is 1. The van der Waals surface area contributed by atoms with Gasteiger partial charge in [-0.2, -0.15) is 5.10 Å². The Hall–Kier alpha value is -2.73. The highest BCUT2D eigenvalue weighted by atomic mass is 35.5. The van der Waals surface area contributed by atoms with Gasteiger partial charge in [-0.05, 0) is 48.9 Å². The summed E-state index contributed by atoms with van der Waals surface area (Å²) >= 11 is 18.5. The molecule has 160 valence electrons. The number of hydrogen-bond acceptors (Lipinski definition) is 4. The molecule has 0 bridgehead atoms. The zero-order chi connectivity index (χ0) is 22.2. The van der Waals surface area contributed by atoms with Crippen molar-refractivity contribution in [3.05, 3.63) is 92.4 Å². The van der Waals surface area contributed by atoms with E-state index in [1.165, 1.54) is 6.21 Å². The summed E-state index contributed by atoms with van der Waals surface area (Å²) in [5.41, 5.74) is 4.32. The number of ether oxygens (including phenoxy) is 2. The summed E-state index contributed by atoms with van der Waals surface area (Å²) in [6.07, 6.45) is 1.47. The normalized spacial score (nSPS) is 10.8. The third kappa shape index (κ3) is 6.37. The van der Waals surface area contributed by atoms with Gasteiger partial charge in [0.1, 0.15) is 6.61 Å². The highest BCUT2D eigenvalue weighted by Crippen LogP contribution is 2.37. The van der Waals surface area contributed by atoms with Crippen LogP contribution in [0.2, 0.25) is 15.1 Å². The van der Waals surface area contributed by atoms with E-state index in [-0.39, 0.29) is 12.5 Å². The van der Waals surface area contributed by atoms with Gasteiger partial charge in [-0.25, -0.2) is 5.43 Å². The molecule has 0 aromatic heterocycles. The molecule has 31 heavy (non-hydrogen) atoms. The number of nitrogens with zero attached hydrogens (tertiary/aromatic N) is 1. The van der Waals surface area contributed by atoms with Gasteiger partial charge >= 0.3 is 0 Å². The number of amides is 1. The molecule has 0 spiro atoms. The molecular formula is C23H19Cl3N2O3. The SMILES string of the molecule is CCOc1cc(/C=N\NC(=O)c2cccc(Cl)c2)cc(Cl)c1OCc1ccccc1Cl. The van der Waals surface area contributed by atoms with E-state index in [1.54, 1.807) is 42.5 Å². The Morgan fingerprint density at radius 1 is 1.00 bits per heavy atom. The van der Waals surface area contributed by atoms with E-state index < -0.39 is 0 Å². The van der Waals surface area contributed by atoms with Crippen LogP contribution < -0.4 is 14.9 Å². The van der Waals surface area contributed by atoms with Crippen molar-refractivity contribution in [2.24, 2.45) is 5.10 Å².